The summed E-state index contributed by atoms with van der Waals surface area (Å²) in [7, 11) is 0. The molecule has 4 aromatic rings. The van der Waals surface area contributed by atoms with E-state index in [0.29, 0.717) is 24.5 Å². The van der Waals surface area contributed by atoms with Crippen molar-refractivity contribution in [1.29, 1.82) is 0 Å². The Kier molecular flexibility index (Phi) is 3.93. The summed E-state index contributed by atoms with van der Waals surface area (Å²) < 4.78 is 1.93. The number of pyridine rings is 1. The molecule has 130 valence electrons. The zero-order valence-electron chi connectivity index (χ0n) is 14.3. The molecule has 2 aromatic carbocycles. The van der Waals surface area contributed by atoms with Crippen LogP contribution in [0.5, 0.6) is 0 Å². The number of hydrogen-bond donors (Lipinski definition) is 3. The normalized spacial score (nSPS) is 11.1. The SMILES string of the molecule is Nc1cc(Cc2cnn(Cc3cccc4ccccc34)c2)c(N)c(N)n1. The van der Waals surface area contributed by atoms with Crippen LogP contribution in [-0.2, 0) is 13.0 Å². The molecule has 0 spiro atoms. The molecule has 0 amide bonds. The smallest absolute Gasteiger partial charge is 0.149 e. The number of nitrogens with two attached hydrogens (primary N) is 3. The average Bonchev–Trinajstić information content (AvgIpc) is 3.06. The summed E-state index contributed by atoms with van der Waals surface area (Å²) in [6.07, 6.45) is 4.48. The molecule has 0 unspecified atom stereocenters. The lowest BCUT2D eigenvalue weighted by Crippen LogP contribution is -2.05. The molecule has 4 rings (SSSR count). The van der Waals surface area contributed by atoms with Crippen LogP contribution >= 0.6 is 0 Å². The van der Waals surface area contributed by atoms with Crippen molar-refractivity contribution in [3.8, 4) is 0 Å². The van der Waals surface area contributed by atoms with E-state index in [0.717, 1.165) is 11.1 Å². The third-order valence-corrected chi connectivity index (χ3v) is 4.49. The van der Waals surface area contributed by atoms with Gasteiger partial charge in [-0.1, -0.05) is 42.5 Å². The van der Waals surface area contributed by atoms with E-state index in [1.807, 2.05) is 17.1 Å². The highest BCUT2D eigenvalue weighted by Crippen LogP contribution is 2.24. The van der Waals surface area contributed by atoms with Crippen molar-refractivity contribution in [1.82, 2.24) is 14.8 Å². The van der Waals surface area contributed by atoms with Gasteiger partial charge in [0.2, 0.25) is 0 Å². The Hall–Kier alpha value is -3.54. The summed E-state index contributed by atoms with van der Waals surface area (Å²) in [5, 5.41) is 6.96. The molecule has 2 heterocycles. The standard InChI is InChI=1S/C20H20N6/c21-18-9-16(19(22)20(23)25-18)8-13-10-24-26(11-13)12-15-6-3-5-14-4-1-2-7-17(14)15/h1-7,9-11H,8,12,22H2,(H4,21,23,25). The minimum atomic E-state index is 0.267. The Morgan fingerprint density at radius 1 is 0.923 bits per heavy atom. The fraction of sp³-hybridized carbons (Fsp3) is 0.100. The number of rotatable bonds is 4. The van der Waals surface area contributed by atoms with E-state index in [-0.39, 0.29) is 5.82 Å². The summed E-state index contributed by atoms with van der Waals surface area (Å²) >= 11 is 0. The van der Waals surface area contributed by atoms with Gasteiger partial charge in [-0.3, -0.25) is 4.68 Å². The molecule has 6 nitrogen and oxygen atoms in total. The van der Waals surface area contributed by atoms with Gasteiger partial charge in [-0.25, -0.2) is 4.98 Å². The van der Waals surface area contributed by atoms with E-state index in [2.05, 4.69) is 52.5 Å². The predicted octanol–water partition coefficient (Wildman–Crippen LogP) is 2.82. The monoisotopic (exact) mass is 344 g/mol. The zero-order chi connectivity index (χ0) is 18.1. The molecule has 0 saturated heterocycles. The molecule has 0 atom stereocenters. The lowest BCUT2D eigenvalue weighted by molar-refractivity contribution is 0.689. The van der Waals surface area contributed by atoms with Crippen LogP contribution in [0.15, 0.2) is 60.9 Å². The number of fused-ring (bicyclic) bond motifs is 1. The van der Waals surface area contributed by atoms with Crippen LogP contribution in [0, 0.1) is 0 Å². The van der Waals surface area contributed by atoms with Gasteiger partial charge in [0.15, 0.2) is 0 Å². The number of benzene rings is 2. The molecule has 0 fully saturated rings. The lowest BCUT2D eigenvalue weighted by atomic mass is 10.0. The van der Waals surface area contributed by atoms with E-state index in [9.17, 15) is 0 Å². The van der Waals surface area contributed by atoms with E-state index in [1.165, 1.54) is 16.3 Å². The van der Waals surface area contributed by atoms with Crippen LogP contribution in [0.1, 0.15) is 16.7 Å². The van der Waals surface area contributed by atoms with E-state index in [4.69, 9.17) is 17.2 Å². The third-order valence-electron chi connectivity index (χ3n) is 4.49. The van der Waals surface area contributed by atoms with Crippen LogP contribution in [0.4, 0.5) is 17.3 Å². The fourth-order valence-corrected chi connectivity index (χ4v) is 3.21. The Labute approximate surface area is 151 Å². The van der Waals surface area contributed by atoms with Gasteiger partial charge in [-0.15, -0.1) is 0 Å². The summed E-state index contributed by atoms with van der Waals surface area (Å²) in [5.74, 6) is 0.637. The van der Waals surface area contributed by atoms with Crippen molar-refractivity contribution in [2.24, 2.45) is 0 Å². The number of hydrogen-bond acceptors (Lipinski definition) is 5. The van der Waals surface area contributed by atoms with Gasteiger partial charge >= 0.3 is 0 Å². The molecule has 0 aliphatic rings. The topological polar surface area (TPSA) is 109 Å². The predicted molar refractivity (Wildman–Crippen MR) is 106 cm³/mol. The first-order chi connectivity index (χ1) is 12.6. The first-order valence-electron chi connectivity index (χ1n) is 8.38. The van der Waals surface area contributed by atoms with Crippen molar-refractivity contribution in [2.75, 3.05) is 17.2 Å². The second-order valence-electron chi connectivity index (χ2n) is 6.37. The summed E-state index contributed by atoms with van der Waals surface area (Å²) in [5.41, 5.74) is 21.2. The maximum atomic E-state index is 6.02. The van der Waals surface area contributed by atoms with Gasteiger partial charge in [0.25, 0.3) is 0 Å². The van der Waals surface area contributed by atoms with Gasteiger partial charge in [-0.05, 0) is 33.5 Å². The zero-order valence-corrected chi connectivity index (χ0v) is 14.3. The Balaban J connectivity index is 1.59. The number of anilines is 3. The number of nitrogens with zero attached hydrogens (tertiary/aromatic N) is 3. The van der Waals surface area contributed by atoms with E-state index < -0.39 is 0 Å². The highest BCUT2D eigenvalue weighted by molar-refractivity contribution is 5.85. The van der Waals surface area contributed by atoms with Crippen molar-refractivity contribution in [2.45, 2.75) is 13.0 Å². The molecule has 0 radical (unpaired) electrons. The van der Waals surface area contributed by atoms with Gasteiger partial charge in [0.05, 0.1) is 18.4 Å². The Bertz CT molecular complexity index is 1080. The Morgan fingerprint density at radius 3 is 2.62 bits per heavy atom. The van der Waals surface area contributed by atoms with Crippen molar-refractivity contribution < 1.29 is 0 Å². The van der Waals surface area contributed by atoms with Crippen LogP contribution in [0.2, 0.25) is 0 Å². The molecule has 0 aliphatic heterocycles. The maximum Gasteiger partial charge on any atom is 0.149 e. The first kappa shape index (κ1) is 16.0. The molecular formula is C20H20N6. The number of aromatic nitrogens is 3. The van der Waals surface area contributed by atoms with Crippen LogP contribution < -0.4 is 17.2 Å². The van der Waals surface area contributed by atoms with Gasteiger partial charge in [0.1, 0.15) is 11.6 Å². The minimum Gasteiger partial charge on any atom is -0.396 e. The highest BCUT2D eigenvalue weighted by atomic mass is 15.3. The first-order valence-corrected chi connectivity index (χ1v) is 8.38. The molecule has 26 heavy (non-hydrogen) atoms. The minimum absolute atomic E-state index is 0.267. The molecule has 2 aromatic heterocycles. The molecule has 0 bridgehead atoms. The van der Waals surface area contributed by atoms with Crippen LogP contribution in [-0.4, -0.2) is 14.8 Å². The number of nitrogen functional groups attached to an aromatic ring is 3. The van der Waals surface area contributed by atoms with Crippen molar-refractivity contribution >= 4 is 28.1 Å². The lowest BCUT2D eigenvalue weighted by Gasteiger charge is -2.08. The molecule has 0 aliphatic carbocycles. The second kappa shape index (κ2) is 6.40. The van der Waals surface area contributed by atoms with Gasteiger partial charge in [-0.2, -0.15) is 5.10 Å². The van der Waals surface area contributed by atoms with Crippen LogP contribution in [0.3, 0.4) is 0 Å². The maximum absolute atomic E-state index is 6.02. The van der Waals surface area contributed by atoms with Gasteiger partial charge < -0.3 is 17.2 Å². The summed E-state index contributed by atoms with van der Waals surface area (Å²) in [6.45, 7) is 0.706. The second-order valence-corrected chi connectivity index (χ2v) is 6.37. The van der Waals surface area contributed by atoms with E-state index in [1.54, 1.807) is 6.07 Å². The molecule has 0 saturated carbocycles. The Morgan fingerprint density at radius 2 is 1.73 bits per heavy atom. The van der Waals surface area contributed by atoms with Crippen molar-refractivity contribution in [3.63, 3.8) is 0 Å². The summed E-state index contributed by atoms with van der Waals surface area (Å²) in [6, 6.07) is 16.4. The fourth-order valence-electron chi connectivity index (χ4n) is 3.21. The van der Waals surface area contributed by atoms with Crippen molar-refractivity contribution in [3.05, 3.63) is 77.6 Å². The quantitative estimate of drug-likeness (QED) is 0.527. The molecule has 6 heteroatoms. The highest BCUT2D eigenvalue weighted by Gasteiger charge is 2.09. The van der Waals surface area contributed by atoms with Crippen LogP contribution in [0.25, 0.3) is 10.8 Å². The largest absolute Gasteiger partial charge is 0.396 e. The van der Waals surface area contributed by atoms with E-state index >= 15 is 0 Å². The van der Waals surface area contributed by atoms with Gasteiger partial charge in [0, 0.05) is 12.6 Å². The molecule has 6 N–H and O–H groups in total. The summed E-state index contributed by atoms with van der Waals surface area (Å²) in [4.78, 5) is 3.98. The third kappa shape index (κ3) is 3.04. The average molecular weight is 344 g/mol. The molecular weight excluding hydrogens is 324 g/mol.